The molecule has 6 nitrogen and oxygen atoms in total. The lowest BCUT2D eigenvalue weighted by molar-refractivity contribution is -0.115. The summed E-state index contributed by atoms with van der Waals surface area (Å²) >= 11 is 5.91. The molecule has 0 unspecified atom stereocenters. The Labute approximate surface area is 204 Å². The number of benzene rings is 3. The van der Waals surface area contributed by atoms with Crippen molar-refractivity contribution >= 4 is 35.2 Å². The topological polar surface area (TPSA) is 70.7 Å². The van der Waals surface area contributed by atoms with E-state index in [2.05, 4.69) is 34.7 Å². The van der Waals surface area contributed by atoms with Crippen molar-refractivity contribution in [3.63, 3.8) is 0 Å². The van der Waals surface area contributed by atoms with Gasteiger partial charge in [-0.2, -0.15) is 0 Å². The van der Waals surface area contributed by atoms with E-state index in [0.29, 0.717) is 28.6 Å². The predicted molar refractivity (Wildman–Crippen MR) is 135 cm³/mol. The Morgan fingerprint density at radius 2 is 1.85 bits per heavy atom. The highest BCUT2D eigenvalue weighted by Crippen LogP contribution is 2.32. The molecule has 0 radical (unpaired) electrons. The van der Waals surface area contributed by atoms with Crippen molar-refractivity contribution in [2.75, 3.05) is 25.5 Å². The van der Waals surface area contributed by atoms with Crippen LogP contribution < -0.4 is 15.4 Å². The molecule has 0 spiro atoms. The Balaban J connectivity index is 1.29. The molecule has 1 aliphatic rings. The molecule has 0 fully saturated rings. The Morgan fingerprint density at radius 3 is 2.62 bits per heavy atom. The maximum Gasteiger partial charge on any atom is 0.291 e. The summed E-state index contributed by atoms with van der Waals surface area (Å²) in [7, 11) is 2.07. The molecular weight excluding hydrogens is 450 g/mol. The maximum atomic E-state index is 12.6. The number of hydrogen-bond donors (Lipinski definition) is 2. The second-order valence-corrected chi connectivity index (χ2v) is 8.60. The van der Waals surface area contributed by atoms with Gasteiger partial charge >= 0.3 is 0 Å². The monoisotopic (exact) mass is 475 g/mol. The molecule has 0 aromatic heterocycles. The van der Waals surface area contributed by atoms with Gasteiger partial charge in [0, 0.05) is 23.7 Å². The summed E-state index contributed by atoms with van der Waals surface area (Å²) in [5, 5.41) is 6.36. The van der Waals surface area contributed by atoms with E-state index in [1.165, 1.54) is 5.56 Å². The molecule has 0 atom stereocenters. The van der Waals surface area contributed by atoms with Gasteiger partial charge in [-0.05, 0) is 67.5 Å². The van der Waals surface area contributed by atoms with Crippen molar-refractivity contribution in [3.8, 4) is 5.75 Å². The highest BCUT2D eigenvalue weighted by Gasteiger charge is 2.23. The fourth-order valence-corrected chi connectivity index (χ4v) is 3.77. The zero-order chi connectivity index (χ0) is 23.9. The number of amides is 2. The van der Waals surface area contributed by atoms with Crippen LogP contribution in [0.3, 0.4) is 0 Å². The summed E-state index contributed by atoms with van der Waals surface area (Å²) in [5.41, 5.74) is 2.99. The van der Waals surface area contributed by atoms with Crippen molar-refractivity contribution in [1.29, 1.82) is 0 Å². The standard InChI is InChI=1S/C27H26ClN3O3/c1-31(18-20-6-3-2-4-7-20)15-5-14-29-26(32)21-10-13-24-23(17-21)30-27(33)25(34-24)16-19-8-11-22(28)12-9-19/h2-4,6-13,16-17H,5,14-15,18H2,1H3,(H,29,32)(H,30,33). The first-order valence-electron chi connectivity index (χ1n) is 11.1. The van der Waals surface area contributed by atoms with Crippen LogP contribution in [0.4, 0.5) is 5.69 Å². The van der Waals surface area contributed by atoms with Gasteiger partial charge in [0.1, 0.15) is 0 Å². The number of hydrogen-bond acceptors (Lipinski definition) is 4. The van der Waals surface area contributed by atoms with Crippen molar-refractivity contribution in [2.45, 2.75) is 13.0 Å². The summed E-state index contributed by atoms with van der Waals surface area (Å²) in [6, 6.07) is 22.4. The minimum absolute atomic E-state index is 0.173. The van der Waals surface area contributed by atoms with Crippen LogP contribution in [0.5, 0.6) is 5.75 Å². The minimum Gasteiger partial charge on any atom is -0.449 e. The van der Waals surface area contributed by atoms with Gasteiger partial charge in [-0.15, -0.1) is 0 Å². The van der Waals surface area contributed by atoms with Crippen LogP contribution in [0.15, 0.2) is 78.6 Å². The Morgan fingerprint density at radius 1 is 1.09 bits per heavy atom. The lowest BCUT2D eigenvalue weighted by Crippen LogP contribution is -2.28. The molecule has 3 aromatic carbocycles. The Hall–Kier alpha value is -3.61. The van der Waals surface area contributed by atoms with E-state index in [1.54, 1.807) is 48.5 Å². The number of carbonyl (C=O) groups is 2. The van der Waals surface area contributed by atoms with Gasteiger partial charge in [0.2, 0.25) is 0 Å². The highest BCUT2D eigenvalue weighted by molar-refractivity contribution is 6.30. The third-order valence-electron chi connectivity index (χ3n) is 5.40. The lowest BCUT2D eigenvalue weighted by atomic mass is 10.1. The zero-order valence-electron chi connectivity index (χ0n) is 18.9. The number of carbonyl (C=O) groups excluding carboxylic acids is 2. The average molecular weight is 476 g/mol. The van der Waals surface area contributed by atoms with E-state index in [0.717, 1.165) is 25.1 Å². The third kappa shape index (κ3) is 6.25. The molecule has 174 valence electrons. The molecule has 2 amide bonds. The number of anilines is 1. The first kappa shape index (κ1) is 23.5. The van der Waals surface area contributed by atoms with Crippen LogP contribution in [0.2, 0.25) is 5.02 Å². The van der Waals surface area contributed by atoms with Gasteiger partial charge in [0.25, 0.3) is 11.8 Å². The second kappa shape index (κ2) is 11.0. The van der Waals surface area contributed by atoms with E-state index in [1.807, 2.05) is 18.2 Å². The van der Waals surface area contributed by atoms with Gasteiger partial charge in [-0.1, -0.05) is 54.1 Å². The quantitative estimate of drug-likeness (QED) is 0.356. The molecule has 4 rings (SSSR count). The van der Waals surface area contributed by atoms with Gasteiger partial charge < -0.3 is 20.3 Å². The number of nitrogens with zero attached hydrogens (tertiary/aromatic N) is 1. The average Bonchev–Trinajstić information content (AvgIpc) is 2.84. The van der Waals surface area contributed by atoms with Crippen LogP contribution in [0.1, 0.15) is 27.9 Å². The van der Waals surface area contributed by atoms with E-state index in [9.17, 15) is 9.59 Å². The van der Waals surface area contributed by atoms with Crippen LogP contribution in [0, 0.1) is 0 Å². The highest BCUT2D eigenvalue weighted by atomic mass is 35.5. The number of rotatable bonds is 8. The normalized spacial score (nSPS) is 13.9. The SMILES string of the molecule is CN(CCCNC(=O)c1ccc2c(c1)NC(=O)C(=Cc1ccc(Cl)cc1)O2)Cc1ccccc1. The Bertz CT molecular complexity index is 1190. The molecule has 0 aliphatic carbocycles. The third-order valence-corrected chi connectivity index (χ3v) is 5.65. The van der Waals surface area contributed by atoms with Crippen molar-refractivity contribution in [2.24, 2.45) is 0 Å². The largest absolute Gasteiger partial charge is 0.449 e. The molecule has 34 heavy (non-hydrogen) atoms. The van der Waals surface area contributed by atoms with E-state index in [4.69, 9.17) is 16.3 Å². The number of fused-ring (bicyclic) bond motifs is 1. The van der Waals surface area contributed by atoms with Gasteiger partial charge in [0.15, 0.2) is 11.5 Å². The van der Waals surface area contributed by atoms with Gasteiger partial charge in [-0.25, -0.2) is 0 Å². The van der Waals surface area contributed by atoms with E-state index < -0.39 is 0 Å². The Kier molecular flexibility index (Phi) is 7.62. The predicted octanol–water partition coefficient (Wildman–Crippen LogP) is 4.96. The van der Waals surface area contributed by atoms with Crippen LogP contribution in [-0.4, -0.2) is 36.9 Å². The van der Waals surface area contributed by atoms with Crippen molar-refractivity contribution in [1.82, 2.24) is 10.2 Å². The molecule has 1 heterocycles. The molecule has 0 bridgehead atoms. The minimum atomic E-state index is -0.374. The van der Waals surface area contributed by atoms with Crippen LogP contribution >= 0.6 is 11.6 Å². The lowest BCUT2D eigenvalue weighted by Gasteiger charge is -2.20. The first-order chi connectivity index (χ1) is 16.5. The van der Waals surface area contributed by atoms with Crippen LogP contribution in [-0.2, 0) is 11.3 Å². The number of halogens is 1. The van der Waals surface area contributed by atoms with Gasteiger partial charge in [0.05, 0.1) is 5.69 Å². The molecule has 0 saturated carbocycles. The first-order valence-corrected chi connectivity index (χ1v) is 11.5. The molecule has 1 aliphatic heterocycles. The zero-order valence-corrected chi connectivity index (χ0v) is 19.6. The fraction of sp³-hybridized carbons (Fsp3) is 0.185. The maximum absolute atomic E-state index is 12.6. The van der Waals surface area contributed by atoms with E-state index >= 15 is 0 Å². The van der Waals surface area contributed by atoms with Crippen LogP contribution in [0.25, 0.3) is 6.08 Å². The summed E-state index contributed by atoms with van der Waals surface area (Å²) < 4.78 is 5.77. The van der Waals surface area contributed by atoms with Crippen molar-refractivity contribution in [3.05, 3.63) is 100 Å². The molecule has 7 heteroatoms. The molecule has 2 N–H and O–H groups in total. The number of nitrogens with one attached hydrogen (secondary N) is 2. The van der Waals surface area contributed by atoms with E-state index in [-0.39, 0.29) is 17.6 Å². The van der Waals surface area contributed by atoms with Crippen molar-refractivity contribution < 1.29 is 14.3 Å². The molecular formula is C27H26ClN3O3. The smallest absolute Gasteiger partial charge is 0.291 e. The molecule has 3 aromatic rings. The van der Waals surface area contributed by atoms with Gasteiger partial charge in [-0.3, -0.25) is 9.59 Å². The molecule has 0 saturated heterocycles. The second-order valence-electron chi connectivity index (χ2n) is 8.16. The summed E-state index contributed by atoms with van der Waals surface area (Å²) in [5.74, 6) is 0.0947. The summed E-state index contributed by atoms with van der Waals surface area (Å²) in [4.78, 5) is 27.3. The fourth-order valence-electron chi connectivity index (χ4n) is 3.64. The number of ether oxygens (including phenoxy) is 1. The summed E-state index contributed by atoms with van der Waals surface area (Å²) in [6.45, 7) is 2.30. The summed E-state index contributed by atoms with van der Waals surface area (Å²) in [6.07, 6.45) is 2.47.